The fraction of sp³-hybridized carbons (Fsp3) is 0.100. The number of hydrogen-bond acceptors (Lipinski definition) is 7. The highest BCUT2D eigenvalue weighted by Gasteiger charge is 2.13. The quantitative estimate of drug-likeness (QED) is 0.761. The molecule has 3 heterocycles. The van der Waals surface area contributed by atoms with E-state index in [0.29, 0.717) is 10.1 Å². The van der Waals surface area contributed by atoms with Crippen LogP contribution >= 0.6 is 22.7 Å². The van der Waals surface area contributed by atoms with Crippen LogP contribution in [0.1, 0.15) is 0 Å². The highest BCUT2D eigenvalue weighted by molar-refractivity contribution is 7.13. The summed E-state index contributed by atoms with van der Waals surface area (Å²) in [6.45, 7) is -0.205. The minimum absolute atomic E-state index is 0.205. The van der Waals surface area contributed by atoms with Crippen LogP contribution in [-0.4, -0.2) is 30.7 Å². The average Bonchev–Trinajstić information content (AvgIpc) is 3.13. The molecule has 3 rings (SSSR count). The van der Waals surface area contributed by atoms with Gasteiger partial charge in [-0.25, -0.2) is 9.78 Å². The van der Waals surface area contributed by atoms with Gasteiger partial charge in [0.2, 0.25) is 5.91 Å². The number of carbonyl (C=O) groups excluding carboxylic acids is 1. The molecular weight excluding hydrogens is 300 g/mol. The molecule has 0 radical (unpaired) electrons. The van der Waals surface area contributed by atoms with Crippen molar-refractivity contribution in [2.24, 2.45) is 0 Å². The summed E-state index contributed by atoms with van der Waals surface area (Å²) in [7, 11) is 0. The summed E-state index contributed by atoms with van der Waals surface area (Å²) in [6, 6.07) is 3.56. The first kappa shape index (κ1) is 12.7. The molecule has 102 valence electrons. The van der Waals surface area contributed by atoms with Gasteiger partial charge in [-0.2, -0.15) is 9.36 Å². The number of thiophene rings is 1. The SMILES string of the molecule is O=C(Cn1nnn(-c2cccs2)c1=O)Nc1nccs1. The van der Waals surface area contributed by atoms with Crippen LogP contribution < -0.4 is 11.0 Å². The molecule has 10 heteroatoms. The second-order valence-electron chi connectivity index (χ2n) is 3.67. The summed E-state index contributed by atoms with van der Waals surface area (Å²) in [6.07, 6.45) is 1.58. The standard InChI is InChI=1S/C10H8N6O2S2/c17-7(12-9-11-3-5-20-9)6-15-10(18)16(14-13-15)8-2-1-4-19-8/h1-5H,6H2,(H,11,12,17). The molecule has 20 heavy (non-hydrogen) atoms. The van der Waals surface area contributed by atoms with Gasteiger partial charge in [-0.05, 0) is 27.9 Å². The number of carbonyl (C=O) groups is 1. The number of tetrazole rings is 1. The molecule has 0 aliphatic carbocycles. The van der Waals surface area contributed by atoms with Gasteiger partial charge in [0, 0.05) is 11.6 Å². The maximum Gasteiger partial charge on any atom is 0.369 e. The van der Waals surface area contributed by atoms with Gasteiger partial charge in [0.1, 0.15) is 11.5 Å². The van der Waals surface area contributed by atoms with Crippen molar-refractivity contribution < 1.29 is 4.79 Å². The first-order valence-corrected chi connectivity index (χ1v) is 7.26. The predicted molar refractivity (Wildman–Crippen MR) is 74.2 cm³/mol. The third-order valence-corrected chi connectivity index (χ3v) is 3.86. The number of nitrogens with zero attached hydrogens (tertiary/aromatic N) is 5. The molecule has 0 unspecified atom stereocenters. The lowest BCUT2D eigenvalue weighted by molar-refractivity contribution is -0.117. The van der Waals surface area contributed by atoms with Gasteiger partial charge >= 0.3 is 5.69 Å². The van der Waals surface area contributed by atoms with E-state index in [-0.39, 0.29) is 12.5 Å². The molecular formula is C10H8N6O2S2. The summed E-state index contributed by atoms with van der Waals surface area (Å²) in [5, 5.41) is 14.7. The van der Waals surface area contributed by atoms with Crippen LogP contribution in [-0.2, 0) is 11.3 Å². The van der Waals surface area contributed by atoms with E-state index >= 15 is 0 Å². The molecule has 0 fully saturated rings. The van der Waals surface area contributed by atoms with Crippen LogP contribution in [0.3, 0.4) is 0 Å². The van der Waals surface area contributed by atoms with Gasteiger partial charge in [-0.15, -0.1) is 22.7 Å². The van der Waals surface area contributed by atoms with Crippen molar-refractivity contribution in [3.8, 4) is 5.00 Å². The minimum atomic E-state index is -0.457. The summed E-state index contributed by atoms with van der Waals surface area (Å²) < 4.78 is 2.16. The van der Waals surface area contributed by atoms with Crippen molar-refractivity contribution >= 4 is 33.7 Å². The Morgan fingerprint density at radius 1 is 1.30 bits per heavy atom. The highest BCUT2D eigenvalue weighted by Crippen LogP contribution is 2.11. The van der Waals surface area contributed by atoms with E-state index in [1.807, 2.05) is 5.38 Å². The van der Waals surface area contributed by atoms with Gasteiger partial charge < -0.3 is 5.32 Å². The van der Waals surface area contributed by atoms with E-state index in [0.717, 1.165) is 9.36 Å². The molecule has 3 aromatic rings. The molecule has 0 aromatic carbocycles. The molecule has 0 saturated heterocycles. The zero-order valence-electron chi connectivity index (χ0n) is 9.96. The van der Waals surface area contributed by atoms with Crippen LogP contribution in [0.25, 0.3) is 5.00 Å². The van der Waals surface area contributed by atoms with Crippen molar-refractivity contribution in [2.45, 2.75) is 6.54 Å². The van der Waals surface area contributed by atoms with E-state index in [2.05, 4.69) is 20.7 Å². The maximum atomic E-state index is 12.0. The lowest BCUT2D eigenvalue weighted by Gasteiger charge is -1.99. The van der Waals surface area contributed by atoms with Gasteiger partial charge in [-0.1, -0.05) is 0 Å². The number of aromatic nitrogens is 5. The molecule has 1 N–H and O–H groups in total. The van der Waals surface area contributed by atoms with Gasteiger partial charge in [-0.3, -0.25) is 4.79 Å². The van der Waals surface area contributed by atoms with Crippen molar-refractivity contribution in [3.05, 3.63) is 39.6 Å². The summed E-state index contributed by atoms with van der Waals surface area (Å²) in [5.74, 6) is -0.375. The minimum Gasteiger partial charge on any atom is -0.300 e. The van der Waals surface area contributed by atoms with Crippen molar-refractivity contribution in [1.82, 2.24) is 24.8 Å². The second kappa shape index (κ2) is 5.35. The Morgan fingerprint density at radius 2 is 2.20 bits per heavy atom. The Hall–Kier alpha value is -2.33. The van der Waals surface area contributed by atoms with E-state index < -0.39 is 5.69 Å². The van der Waals surface area contributed by atoms with Crippen LogP contribution in [0.2, 0.25) is 0 Å². The Balaban J connectivity index is 1.75. The zero-order valence-corrected chi connectivity index (χ0v) is 11.6. The van der Waals surface area contributed by atoms with Crippen molar-refractivity contribution in [2.75, 3.05) is 5.32 Å². The Labute approximate surface area is 120 Å². The van der Waals surface area contributed by atoms with Gasteiger partial charge in [0.15, 0.2) is 5.13 Å². The smallest absolute Gasteiger partial charge is 0.300 e. The first-order chi connectivity index (χ1) is 9.74. The topological polar surface area (TPSA) is 94.7 Å². The summed E-state index contributed by atoms with van der Waals surface area (Å²) >= 11 is 2.66. The fourth-order valence-corrected chi connectivity index (χ4v) is 2.70. The van der Waals surface area contributed by atoms with E-state index in [4.69, 9.17) is 0 Å². The number of thiazole rings is 1. The fourth-order valence-electron chi connectivity index (χ4n) is 1.48. The Kier molecular flexibility index (Phi) is 3.39. The van der Waals surface area contributed by atoms with Crippen molar-refractivity contribution in [1.29, 1.82) is 0 Å². The van der Waals surface area contributed by atoms with Crippen LogP contribution in [0.5, 0.6) is 0 Å². The number of amides is 1. The monoisotopic (exact) mass is 308 g/mol. The molecule has 0 saturated carbocycles. The zero-order chi connectivity index (χ0) is 13.9. The average molecular weight is 308 g/mol. The number of rotatable bonds is 4. The Bertz CT molecular complexity index is 758. The van der Waals surface area contributed by atoms with Gasteiger partial charge in [0.25, 0.3) is 0 Å². The molecule has 1 amide bonds. The maximum absolute atomic E-state index is 12.0. The van der Waals surface area contributed by atoms with E-state index in [1.165, 1.54) is 22.7 Å². The third-order valence-electron chi connectivity index (χ3n) is 2.33. The second-order valence-corrected chi connectivity index (χ2v) is 5.49. The number of anilines is 1. The van der Waals surface area contributed by atoms with Crippen LogP contribution in [0.15, 0.2) is 33.9 Å². The molecule has 0 atom stereocenters. The van der Waals surface area contributed by atoms with E-state index in [9.17, 15) is 9.59 Å². The number of nitrogens with one attached hydrogen (secondary N) is 1. The largest absolute Gasteiger partial charge is 0.369 e. The molecule has 0 aliphatic heterocycles. The molecule has 0 aliphatic rings. The first-order valence-electron chi connectivity index (χ1n) is 5.50. The third kappa shape index (κ3) is 2.51. The summed E-state index contributed by atoms with van der Waals surface area (Å²) in [5.41, 5.74) is -0.457. The van der Waals surface area contributed by atoms with Crippen molar-refractivity contribution in [3.63, 3.8) is 0 Å². The molecule has 0 spiro atoms. The normalized spacial score (nSPS) is 10.6. The Morgan fingerprint density at radius 3 is 2.90 bits per heavy atom. The van der Waals surface area contributed by atoms with Crippen LogP contribution in [0, 0.1) is 0 Å². The lowest BCUT2D eigenvalue weighted by Crippen LogP contribution is -2.29. The molecule has 8 nitrogen and oxygen atoms in total. The summed E-state index contributed by atoms with van der Waals surface area (Å²) in [4.78, 5) is 27.7. The predicted octanol–water partition coefficient (Wildman–Crippen LogP) is 0.586. The molecule has 0 bridgehead atoms. The highest BCUT2D eigenvalue weighted by atomic mass is 32.1. The number of hydrogen-bond donors (Lipinski definition) is 1. The molecule has 3 aromatic heterocycles. The van der Waals surface area contributed by atoms with Gasteiger partial charge in [0.05, 0.1) is 0 Å². The van der Waals surface area contributed by atoms with Crippen LogP contribution in [0.4, 0.5) is 5.13 Å². The van der Waals surface area contributed by atoms with E-state index in [1.54, 1.807) is 23.7 Å². The lowest BCUT2D eigenvalue weighted by atomic mass is 10.6.